The van der Waals surface area contributed by atoms with Crippen molar-refractivity contribution in [2.24, 2.45) is 5.41 Å². The number of carbonyl (C=O) groups is 1. The van der Waals surface area contributed by atoms with Crippen LogP contribution in [0, 0.1) is 11.2 Å². The van der Waals surface area contributed by atoms with Gasteiger partial charge in [0.25, 0.3) is 5.79 Å². The first kappa shape index (κ1) is 28.0. The summed E-state index contributed by atoms with van der Waals surface area (Å²) in [6, 6.07) is 15.9. The first-order chi connectivity index (χ1) is 20.7. The monoisotopic (exact) mass is 605 g/mol. The molecule has 2 fully saturated rings. The predicted octanol–water partition coefficient (Wildman–Crippen LogP) is 6.68. The lowest BCUT2D eigenvalue weighted by molar-refractivity contribution is -0.0705. The smallest absolute Gasteiger partial charge is 0.337 e. The average Bonchev–Trinajstić information content (AvgIpc) is 3.37. The summed E-state index contributed by atoms with van der Waals surface area (Å²) in [7, 11) is 3.08. The van der Waals surface area contributed by atoms with Crippen LogP contribution in [-0.4, -0.2) is 49.4 Å². The summed E-state index contributed by atoms with van der Waals surface area (Å²) in [5, 5.41) is 0.321. The molecule has 1 aromatic heterocycles. The van der Waals surface area contributed by atoms with Gasteiger partial charge in [-0.3, -0.25) is 0 Å². The lowest BCUT2D eigenvalue weighted by Gasteiger charge is -2.35. The molecule has 1 aliphatic carbocycles. The van der Waals surface area contributed by atoms with E-state index in [0.29, 0.717) is 46.7 Å². The Balaban J connectivity index is 1.11. The maximum atomic E-state index is 14.8. The Labute approximate surface area is 254 Å². The lowest BCUT2D eigenvalue weighted by atomic mass is 9.90. The number of aromatic nitrogens is 2. The van der Waals surface area contributed by atoms with Gasteiger partial charge in [-0.1, -0.05) is 17.7 Å². The van der Waals surface area contributed by atoms with Crippen molar-refractivity contribution in [3.8, 4) is 11.5 Å². The first-order valence-electron chi connectivity index (χ1n) is 14.5. The van der Waals surface area contributed by atoms with Gasteiger partial charge < -0.3 is 28.4 Å². The third-order valence-corrected chi connectivity index (χ3v) is 9.53. The van der Waals surface area contributed by atoms with Crippen LogP contribution >= 0.6 is 11.6 Å². The molecule has 3 heterocycles. The number of esters is 1. The number of anilines is 1. The molecular weight excluding hydrogens is 573 g/mol. The van der Waals surface area contributed by atoms with Crippen molar-refractivity contribution in [3.05, 3.63) is 82.4 Å². The molecular formula is C33H33ClFN3O5. The van der Waals surface area contributed by atoms with Crippen LogP contribution in [0.2, 0.25) is 5.02 Å². The Morgan fingerprint density at radius 2 is 1.93 bits per heavy atom. The summed E-state index contributed by atoms with van der Waals surface area (Å²) in [5.41, 5.74) is 3.72. The number of hydrogen-bond acceptors (Lipinski definition) is 7. The normalized spacial score (nSPS) is 21.9. The topological polar surface area (TPSA) is 75.0 Å². The van der Waals surface area contributed by atoms with E-state index in [4.69, 9.17) is 35.5 Å². The van der Waals surface area contributed by atoms with Crippen LogP contribution in [0.15, 0.2) is 54.6 Å². The Morgan fingerprint density at radius 1 is 1.12 bits per heavy atom. The van der Waals surface area contributed by atoms with Crippen molar-refractivity contribution in [2.75, 3.05) is 38.8 Å². The van der Waals surface area contributed by atoms with Gasteiger partial charge in [0, 0.05) is 44.6 Å². The fourth-order valence-corrected chi connectivity index (χ4v) is 7.02. The molecule has 7 rings (SSSR count). The molecule has 0 amide bonds. The van der Waals surface area contributed by atoms with E-state index in [2.05, 4.69) is 9.47 Å². The molecule has 1 saturated carbocycles. The number of para-hydroxylation sites is 1. The van der Waals surface area contributed by atoms with Crippen molar-refractivity contribution in [3.63, 3.8) is 0 Å². The number of nitrogens with zero attached hydrogens (tertiary/aromatic N) is 3. The molecule has 224 valence electrons. The molecule has 43 heavy (non-hydrogen) atoms. The molecule has 1 unspecified atom stereocenters. The molecule has 10 heteroatoms. The SMILES string of the molecule is COCCn1c([C@@H]2CC23CCN(c2cccc4c2OC(C)(c2ccc(Cl)cc2F)O4)CC3)nc2ccc(C(=O)OC)cc21. The van der Waals surface area contributed by atoms with Crippen molar-refractivity contribution in [1.82, 2.24) is 9.55 Å². The number of benzene rings is 3. The number of imidazole rings is 1. The minimum Gasteiger partial charge on any atom is -0.465 e. The Hall–Kier alpha value is -3.82. The number of carbonyl (C=O) groups excluding carboxylic acids is 1. The van der Waals surface area contributed by atoms with Gasteiger partial charge in [-0.25, -0.2) is 14.2 Å². The van der Waals surface area contributed by atoms with Gasteiger partial charge in [0.1, 0.15) is 11.6 Å². The van der Waals surface area contributed by atoms with Crippen molar-refractivity contribution < 1.29 is 28.1 Å². The molecule has 3 aliphatic rings. The van der Waals surface area contributed by atoms with Crippen molar-refractivity contribution in [2.45, 2.75) is 44.4 Å². The highest BCUT2D eigenvalue weighted by atomic mass is 35.5. The Bertz CT molecular complexity index is 1730. The highest BCUT2D eigenvalue weighted by Crippen LogP contribution is 2.65. The second kappa shape index (κ2) is 10.4. The van der Waals surface area contributed by atoms with E-state index >= 15 is 0 Å². The summed E-state index contributed by atoms with van der Waals surface area (Å²) in [5.74, 6) is 0.488. The van der Waals surface area contributed by atoms with Crippen LogP contribution in [0.3, 0.4) is 0 Å². The molecule has 8 nitrogen and oxygen atoms in total. The molecule has 2 aliphatic heterocycles. The summed E-state index contributed by atoms with van der Waals surface area (Å²) in [4.78, 5) is 19.6. The Morgan fingerprint density at radius 3 is 2.67 bits per heavy atom. The molecule has 0 bridgehead atoms. The quantitative estimate of drug-likeness (QED) is 0.218. The second-order valence-electron chi connectivity index (χ2n) is 11.8. The van der Waals surface area contributed by atoms with Gasteiger partial charge in [-0.2, -0.15) is 0 Å². The zero-order valence-corrected chi connectivity index (χ0v) is 25.1. The number of piperidine rings is 1. The number of methoxy groups -OCH3 is 2. The van der Waals surface area contributed by atoms with Crippen LogP contribution in [0.5, 0.6) is 11.5 Å². The van der Waals surface area contributed by atoms with Crippen LogP contribution in [-0.2, 0) is 21.8 Å². The summed E-state index contributed by atoms with van der Waals surface area (Å²) in [6.45, 7) is 4.65. The molecule has 1 saturated heterocycles. The standard InChI is InChI=1S/C33H33ClFN3O5/c1-32(22-9-8-21(34)18-24(22)35)42-28-6-4-5-26(29(28)43-32)37-13-11-33(12-14-37)19-23(33)30-36-25-10-7-20(31(39)41-3)17-27(25)38(30)15-16-40-2/h4-10,17-18,23H,11-16,19H2,1-3H3/t23-,32?/m0/s1. The van der Waals surface area contributed by atoms with Gasteiger partial charge in [-0.15, -0.1) is 0 Å². The third-order valence-electron chi connectivity index (χ3n) is 9.30. The van der Waals surface area contributed by atoms with E-state index in [-0.39, 0.29) is 11.4 Å². The zero-order valence-electron chi connectivity index (χ0n) is 24.4. The van der Waals surface area contributed by atoms with Gasteiger partial charge in [0.2, 0.25) is 0 Å². The number of fused-ring (bicyclic) bond motifs is 2. The molecule has 2 atom stereocenters. The van der Waals surface area contributed by atoms with E-state index < -0.39 is 11.6 Å². The largest absolute Gasteiger partial charge is 0.465 e. The fraction of sp³-hybridized carbons (Fsp3) is 0.394. The van der Waals surface area contributed by atoms with Crippen molar-refractivity contribution in [1.29, 1.82) is 0 Å². The maximum Gasteiger partial charge on any atom is 0.337 e. The van der Waals surface area contributed by atoms with Crippen LogP contribution in [0.4, 0.5) is 10.1 Å². The molecule has 4 aromatic rings. The highest BCUT2D eigenvalue weighted by Gasteiger charge is 2.57. The average molecular weight is 606 g/mol. The predicted molar refractivity (Wildman–Crippen MR) is 161 cm³/mol. The fourth-order valence-electron chi connectivity index (χ4n) is 6.86. The van der Waals surface area contributed by atoms with E-state index in [9.17, 15) is 9.18 Å². The zero-order chi connectivity index (χ0) is 29.9. The Kier molecular flexibility index (Phi) is 6.78. The van der Waals surface area contributed by atoms with E-state index in [1.54, 1.807) is 32.2 Å². The van der Waals surface area contributed by atoms with E-state index in [1.807, 2.05) is 30.3 Å². The van der Waals surface area contributed by atoms with Gasteiger partial charge in [0.15, 0.2) is 11.5 Å². The molecule has 3 aromatic carbocycles. The summed E-state index contributed by atoms with van der Waals surface area (Å²) in [6.07, 6.45) is 3.08. The molecule has 0 radical (unpaired) electrons. The third kappa shape index (κ3) is 4.69. The number of rotatable bonds is 7. The highest BCUT2D eigenvalue weighted by molar-refractivity contribution is 6.30. The van der Waals surface area contributed by atoms with Gasteiger partial charge in [0.05, 0.1) is 41.6 Å². The van der Waals surface area contributed by atoms with E-state index in [0.717, 1.165) is 54.9 Å². The number of ether oxygens (including phenoxy) is 4. The van der Waals surface area contributed by atoms with Gasteiger partial charge >= 0.3 is 5.97 Å². The summed E-state index contributed by atoms with van der Waals surface area (Å²) < 4.78 is 40.0. The number of hydrogen-bond donors (Lipinski definition) is 0. The minimum atomic E-state index is -1.29. The minimum absolute atomic E-state index is 0.171. The van der Waals surface area contributed by atoms with E-state index in [1.165, 1.54) is 13.2 Å². The second-order valence-corrected chi connectivity index (χ2v) is 12.2. The van der Waals surface area contributed by atoms with Crippen molar-refractivity contribution >= 4 is 34.3 Å². The maximum absolute atomic E-state index is 14.8. The first-order valence-corrected chi connectivity index (χ1v) is 14.9. The molecule has 0 N–H and O–H groups in total. The van der Waals surface area contributed by atoms with Crippen LogP contribution in [0.25, 0.3) is 11.0 Å². The van der Waals surface area contributed by atoms with Crippen LogP contribution in [0.1, 0.15) is 53.8 Å². The number of halogens is 2. The lowest BCUT2D eigenvalue weighted by Crippen LogP contribution is -2.36. The summed E-state index contributed by atoms with van der Waals surface area (Å²) >= 11 is 5.98. The van der Waals surface area contributed by atoms with Gasteiger partial charge in [-0.05, 0) is 73.2 Å². The van der Waals surface area contributed by atoms with Crippen LogP contribution < -0.4 is 14.4 Å². The molecule has 1 spiro atoms.